The van der Waals surface area contributed by atoms with Gasteiger partial charge in [0.2, 0.25) is 0 Å². The molecule has 13 heavy (non-hydrogen) atoms. The van der Waals surface area contributed by atoms with E-state index in [1.807, 2.05) is 18.2 Å². The van der Waals surface area contributed by atoms with Gasteiger partial charge in [0.25, 0.3) is 0 Å². The summed E-state index contributed by atoms with van der Waals surface area (Å²) in [5.74, 6) is -0.312. The fraction of sp³-hybridized carbons (Fsp3) is 0.286. The van der Waals surface area contributed by atoms with Gasteiger partial charge in [0, 0.05) is 18.1 Å². The number of pyridine rings is 1. The molecule has 0 spiro atoms. The zero-order valence-electron chi connectivity index (χ0n) is 7.67. The summed E-state index contributed by atoms with van der Waals surface area (Å²) in [6.07, 6.45) is 3.50. The first-order chi connectivity index (χ1) is 5.56. The molecule has 0 aromatic carbocycles. The van der Waals surface area contributed by atoms with Crippen LogP contribution in [0.5, 0.6) is 0 Å². The Morgan fingerprint density at radius 3 is 1.69 bits per heavy atom. The number of hydrogen-bond donors (Lipinski definition) is 0. The quantitative estimate of drug-likeness (QED) is 0.385. The fourth-order valence-electron chi connectivity index (χ4n) is 0.313. The average Bonchev–Trinajstić information content (AvgIpc) is 2.07. The summed E-state index contributed by atoms with van der Waals surface area (Å²) in [5.41, 5.74) is 0. The van der Waals surface area contributed by atoms with Crippen LogP contribution in [0.4, 0.5) is 0 Å². The molecule has 1 rings (SSSR count). The van der Waals surface area contributed by atoms with E-state index in [0.717, 1.165) is 0 Å². The Bertz CT molecular complexity index is 261. The first-order valence-corrected chi connectivity index (χ1v) is 4.92. The van der Waals surface area contributed by atoms with Gasteiger partial charge in [-0.05, 0) is 12.1 Å². The SMILES string of the molecule is CCS(=O)(=O)[O-].[Na+].c1ccncc1. The van der Waals surface area contributed by atoms with E-state index in [4.69, 9.17) is 0 Å². The summed E-state index contributed by atoms with van der Waals surface area (Å²) in [7, 11) is -3.91. The second-order valence-corrected chi connectivity index (χ2v) is 3.56. The number of hydrogen-bond acceptors (Lipinski definition) is 4. The van der Waals surface area contributed by atoms with Gasteiger partial charge in [-0.25, -0.2) is 8.42 Å². The molecule has 68 valence electrons. The standard InChI is InChI=1S/C5H5N.C2H6O3S.Na/c1-2-4-6-5-3-1;1-2-6(3,4)5;/h1-5H;2H2,1H3,(H,3,4,5);/q;;+1/p-1. The van der Waals surface area contributed by atoms with Gasteiger partial charge in [0.1, 0.15) is 0 Å². The molecule has 0 bridgehead atoms. The summed E-state index contributed by atoms with van der Waals surface area (Å²) in [4.78, 5) is 3.78. The van der Waals surface area contributed by atoms with Crippen molar-refractivity contribution in [2.75, 3.05) is 5.75 Å². The predicted octanol–water partition coefficient (Wildman–Crippen LogP) is -2.36. The Morgan fingerprint density at radius 1 is 1.23 bits per heavy atom. The van der Waals surface area contributed by atoms with E-state index in [9.17, 15) is 13.0 Å². The van der Waals surface area contributed by atoms with E-state index < -0.39 is 10.1 Å². The van der Waals surface area contributed by atoms with Crippen LogP contribution in [0.3, 0.4) is 0 Å². The number of aromatic nitrogens is 1. The van der Waals surface area contributed by atoms with Gasteiger partial charge in [0.15, 0.2) is 0 Å². The van der Waals surface area contributed by atoms with Crippen molar-refractivity contribution in [3.8, 4) is 0 Å². The topological polar surface area (TPSA) is 70.1 Å². The van der Waals surface area contributed by atoms with Crippen LogP contribution >= 0.6 is 0 Å². The van der Waals surface area contributed by atoms with E-state index in [2.05, 4.69) is 4.98 Å². The molecule has 1 aromatic rings. The molecule has 0 fully saturated rings. The molecular weight excluding hydrogens is 201 g/mol. The molecule has 0 unspecified atom stereocenters. The summed E-state index contributed by atoms with van der Waals surface area (Å²) >= 11 is 0. The number of rotatable bonds is 1. The molecule has 0 aliphatic carbocycles. The molecule has 0 amide bonds. The molecule has 1 heterocycles. The molecule has 0 N–H and O–H groups in total. The molecule has 1 aromatic heterocycles. The van der Waals surface area contributed by atoms with E-state index in [0.29, 0.717) is 0 Å². The Morgan fingerprint density at radius 2 is 1.62 bits per heavy atom. The largest absolute Gasteiger partial charge is 1.00 e. The van der Waals surface area contributed by atoms with E-state index in [-0.39, 0.29) is 35.3 Å². The van der Waals surface area contributed by atoms with Gasteiger partial charge in [-0.15, -0.1) is 0 Å². The summed E-state index contributed by atoms with van der Waals surface area (Å²) in [6.45, 7) is 1.31. The molecule has 4 nitrogen and oxygen atoms in total. The Kier molecular flexibility index (Phi) is 10.3. The van der Waals surface area contributed by atoms with Gasteiger partial charge < -0.3 is 4.55 Å². The van der Waals surface area contributed by atoms with Crippen molar-refractivity contribution >= 4 is 10.1 Å². The van der Waals surface area contributed by atoms with Crippen molar-refractivity contribution < 1.29 is 42.5 Å². The minimum absolute atomic E-state index is 0. The normalized spacial score (nSPS) is 9.08. The maximum Gasteiger partial charge on any atom is 1.00 e. The fourth-order valence-corrected chi connectivity index (χ4v) is 0.313. The molecule has 0 aliphatic heterocycles. The van der Waals surface area contributed by atoms with Gasteiger partial charge in [-0.3, -0.25) is 4.98 Å². The smallest absolute Gasteiger partial charge is 0.748 e. The van der Waals surface area contributed by atoms with Crippen molar-refractivity contribution in [1.29, 1.82) is 0 Å². The van der Waals surface area contributed by atoms with Crippen LogP contribution in [-0.4, -0.2) is 23.7 Å². The summed E-state index contributed by atoms with van der Waals surface area (Å²) in [5, 5.41) is 0. The number of nitrogens with zero attached hydrogens (tertiary/aromatic N) is 1. The first-order valence-electron chi connectivity index (χ1n) is 3.35. The third kappa shape index (κ3) is 14.9. The first kappa shape index (κ1) is 15.5. The van der Waals surface area contributed by atoms with Crippen LogP contribution in [-0.2, 0) is 10.1 Å². The van der Waals surface area contributed by atoms with Crippen LogP contribution < -0.4 is 29.6 Å². The van der Waals surface area contributed by atoms with Crippen LogP contribution in [0.15, 0.2) is 30.6 Å². The zero-order chi connectivity index (χ0) is 9.45. The summed E-state index contributed by atoms with van der Waals surface area (Å²) in [6, 6.07) is 5.72. The summed E-state index contributed by atoms with van der Waals surface area (Å²) < 4.78 is 28.3. The molecule has 0 saturated carbocycles. The van der Waals surface area contributed by atoms with Crippen molar-refractivity contribution in [3.63, 3.8) is 0 Å². The van der Waals surface area contributed by atoms with Crippen LogP contribution in [0.25, 0.3) is 0 Å². The van der Waals surface area contributed by atoms with Crippen molar-refractivity contribution in [2.45, 2.75) is 6.92 Å². The Labute approximate surface area is 100 Å². The minimum atomic E-state index is -3.91. The second kappa shape index (κ2) is 8.65. The molecule has 0 atom stereocenters. The van der Waals surface area contributed by atoms with Crippen molar-refractivity contribution in [1.82, 2.24) is 4.98 Å². The molecule has 0 aliphatic rings. The predicted molar refractivity (Wildman–Crippen MR) is 44.5 cm³/mol. The monoisotopic (exact) mass is 211 g/mol. The van der Waals surface area contributed by atoms with Crippen molar-refractivity contribution in [2.24, 2.45) is 0 Å². The van der Waals surface area contributed by atoms with Crippen LogP contribution in [0.2, 0.25) is 0 Å². The minimum Gasteiger partial charge on any atom is -0.748 e. The maximum atomic E-state index is 9.44. The molecule has 0 saturated heterocycles. The average molecular weight is 211 g/mol. The van der Waals surface area contributed by atoms with Crippen LogP contribution in [0, 0.1) is 0 Å². The van der Waals surface area contributed by atoms with Crippen LogP contribution in [0.1, 0.15) is 6.92 Å². The Hall–Kier alpha value is 0.0600. The zero-order valence-corrected chi connectivity index (χ0v) is 10.5. The molecule has 0 radical (unpaired) electrons. The van der Waals surface area contributed by atoms with Gasteiger partial charge >= 0.3 is 29.6 Å². The maximum absolute atomic E-state index is 9.44. The molecule has 6 heteroatoms. The van der Waals surface area contributed by atoms with E-state index >= 15 is 0 Å². The second-order valence-electron chi connectivity index (χ2n) is 1.87. The van der Waals surface area contributed by atoms with E-state index in [1.165, 1.54) is 6.92 Å². The van der Waals surface area contributed by atoms with E-state index in [1.54, 1.807) is 12.4 Å². The third-order valence-corrected chi connectivity index (χ3v) is 1.63. The van der Waals surface area contributed by atoms with Gasteiger partial charge in [-0.1, -0.05) is 13.0 Å². The van der Waals surface area contributed by atoms with Crippen molar-refractivity contribution in [3.05, 3.63) is 30.6 Å². The van der Waals surface area contributed by atoms with Gasteiger partial charge in [-0.2, -0.15) is 0 Å². The van der Waals surface area contributed by atoms with Gasteiger partial charge in [0.05, 0.1) is 10.1 Å². The Balaban J connectivity index is 0. The third-order valence-electron chi connectivity index (χ3n) is 0.920. The molecular formula is C7H10NNaO3S.